The van der Waals surface area contributed by atoms with Gasteiger partial charge >= 0.3 is 0 Å². The highest BCUT2D eigenvalue weighted by molar-refractivity contribution is 5.81. The third-order valence-electron chi connectivity index (χ3n) is 5.04. The summed E-state index contributed by atoms with van der Waals surface area (Å²) < 4.78 is 2.06. The minimum Gasteiger partial charge on any atom is -0.340 e. The van der Waals surface area contributed by atoms with E-state index in [0.29, 0.717) is 12.6 Å². The third-order valence-corrected chi connectivity index (χ3v) is 5.04. The van der Waals surface area contributed by atoms with Crippen LogP contribution in [0.25, 0.3) is 0 Å². The topological polar surface area (TPSA) is 41.4 Å². The quantitative estimate of drug-likeness (QED) is 0.856. The van der Waals surface area contributed by atoms with Gasteiger partial charge in [-0.1, -0.05) is 12.8 Å². The van der Waals surface area contributed by atoms with Gasteiger partial charge in [0.2, 0.25) is 5.91 Å². The maximum absolute atomic E-state index is 12.9. The van der Waals surface area contributed by atoms with Gasteiger partial charge in [-0.15, -0.1) is 0 Å². The molecule has 0 N–H and O–H groups in total. The summed E-state index contributed by atoms with van der Waals surface area (Å²) >= 11 is 0. The van der Waals surface area contributed by atoms with Crippen LogP contribution in [0.4, 0.5) is 0 Å². The van der Waals surface area contributed by atoms with Gasteiger partial charge in [0, 0.05) is 30.9 Å². The van der Waals surface area contributed by atoms with Crippen molar-refractivity contribution in [1.82, 2.24) is 19.6 Å². The second-order valence-electron chi connectivity index (χ2n) is 7.23. The van der Waals surface area contributed by atoms with Crippen molar-refractivity contribution >= 4 is 5.91 Å². The van der Waals surface area contributed by atoms with Crippen LogP contribution in [0.15, 0.2) is 0 Å². The Hall–Kier alpha value is -1.36. The number of nitrogens with zero attached hydrogens (tertiary/aromatic N) is 4. The number of aryl methyl sites for hydroxylation is 1. The molecule has 1 fully saturated rings. The molecule has 1 saturated heterocycles. The average Bonchev–Trinajstić information content (AvgIpc) is 2.66. The zero-order chi connectivity index (χ0) is 17.1. The van der Waals surface area contributed by atoms with E-state index in [2.05, 4.69) is 42.5 Å². The number of amides is 1. The molecule has 5 heteroatoms. The van der Waals surface area contributed by atoms with E-state index in [1.165, 1.54) is 24.1 Å². The first-order valence-electron chi connectivity index (χ1n) is 8.82. The monoisotopic (exact) mass is 320 g/mol. The van der Waals surface area contributed by atoms with Gasteiger partial charge in [0.15, 0.2) is 0 Å². The second kappa shape index (κ2) is 7.47. The molecule has 1 amide bonds. The summed E-state index contributed by atoms with van der Waals surface area (Å²) in [6.45, 7) is 10.1. The fourth-order valence-corrected chi connectivity index (χ4v) is 3.56. The zero-order valence-electron chi connectivity index (χ0n) is 15.6. The van der Waals surface area contributed by atoms with Crippen molar-refractivity contribution in [3.05, 3.63) is 17.0 Å². The van der Waals surface area contributed by atoms with Crippen LogP contribution in [0, 0.1) is 13.8 Å². The molecule has 0 aliphatic carbocycles. The van der Waals surface area contributed by atoms with Crippen LogP contribution in [-0.4, -0.2) is 52.2 Å². The van der Waals surface area contributed by atoms with E-state index in [1.54, 1.807) is 0 Å². The summed E-state index contributed by atoms with van der Waals surface area (Å²) in [5.74, 6) is 0.241. The highest BCUT2D eigenvalue weighted by Crippen LogP contribution is 2.21. The lowest BCUT2D eigenvalue weighted by molar-refractivity contribution is -0.135. The van der Waals surface area contributed by atoms with Crippen molar-refractivity contribution in [2.24, 2.45) is 0 Å². The van der Waals surface area contributed by atoms with Gasteiger partial charge in [0.05, 0.1) is 11.7 Å². The highest BCUT2D eigenvalue weighted by atomic mass is 16.2. The first-order chi connectivity index (χ1) is 10.8. The molecule has 1 aromatic heterocycles. The van der Waals surface area contributed by atoms with Crippen molar-refractivity contribution in [3.8, 4) is 0 Å². The molecule has 0 spiro atoms. The number of hydrogen-bond donors (Lipinski definition) is 0. The van der Waals surface area contributed by atoms with Crippen LogP contribution in [0.3, 0.4) is 0 Å². The SMILES string of the molecule is Cc1nn(C(C)C)c(C)c1CN(C)C(=O)[C@H]1CCCCCN1C. The van der Waals surface area contributed by atoms with E-state index in [4.69, 9.17) is 0 Å². The number of rotatable bonds is 4. The summed E-state index contributed by atoms with van der Waals surface area (Å²) in [5.41, 5.74) is 3.39. The summed E-state index contributed by atoms with van der Waals surface area (Å²) in [4.78, 5) is 17.0. The first kappa shape index (κ1) is 18.0. The van der Waals surface area contributed by atoms with Crippen molar-refractivity contribution in [1.29, 1.82) is 0 Å². The second-order valence-corrected chi connectivity index (χ2v) is 7.23. The molecule has 2 rings (SSSR count). The molecular weight excluding hydrogens is 288 g/mol. The zero-order valence-corrected chi connectivity index (χ0v) is 15.6. The van der Waals surface area contributed by atoms with Crippen molar-refractivity contribution in [2.45, 2.75) is 72.0 Å². The molecule has 2 heterocycles. The summed E-state index contributed by atoms with van der Waals surface area (Å²) in [6.07, 6.45) is 4.56. The molecule has 1 aromatic rings. The number of hydrogen-bond acceptors (Lipinski definition) is 3. The maximum Gasteiger partial charge on any atom is 0.239 e. The minimum absolute atomic E-state index is 0.0308. The molecule has 1 atom stereocenters. The highest BCUT2D eigenvalue weighted by Gasteiger charge is 2.28. The number of likely N-dealkylation sites (tertiary alicyclic amines) is 1. The minimum atomic E-state index is 0.0308. The number of likely N-dealkylation sites (N-methyl/N-ethyl adjacent to an activating group) is 2. The summed E-state index contributed by atoms with van der Waals surface area (Å²) in [6, 6.07) is 0.375. The van der Waals surface area contributed by atoms with Crippen molar-refractivity contribution in [2.75, 3.05) is 20.6 Å². The van der Waals surface area contributed by atoms with Gasteiger partial charge in [0.1, 0.15) is 0 Å². The van der Waals surface area contributed by atoms with E-state index in [0.717, 1.165) is 25.1 Å². The predicted octanol–water partition coefficient (Wildman–Crippen LogP) is 2.91. The van der Waals surface area contributed by atoms with Crippen molar-refractivity contribution in [3.63, 3.8) is 0 Å². The Labute approximate surface area is 140 Å². The largest absolute Gasteiger partial charge is 0.340 e. The number of carbonyl (C=O) groups is 1. The summed E-state index contributed by atoms with van der Waals surface area (Å²) in [7, 11) is 4.00. The smallest absolute Gasteiger partial charge is 0.239 e. The van der Waals surface area contributed by atoms with E-state index < -0.39 is 0 Å². The molecule has 1 aliphatic rings. The molecule has 0 radical (unpaired) electrons. The molecule has 130 valence electrons. The predicted molar refractivity (Wildman–Crippen MR) is 93.4 cm³/mol. The van der Waals surface area contributed by atoms with Crippen LogP contribution >= 0.6 is 0 Å². The number of carbonyl (C=O) groups excluding carboxylic acids is 1. The Morgan fingerprint density at radius 3 is 2.61 bits per heavy atom. The Morgan fingerprint density at radius 1 is 1.30 bits per heavy atom. The maximum atomic E-state index is 12.9. The molecule has 0 unspecified atom stereocenters. The van der Waals surface area contributed by atoms with Crippen LogP contribution in [0.2, 0.25) is 0 Å². The molecule has 0 saturated carbocycles. The van der Waals surface area contributed by atoms with E-state index in [1.807, 2.05) is 18.9 Å². The third kappa shape index (κ3) is 3.94. The summed E-state index contributed by atoms with van der Waals surface area (Å²) in [5, 5.41) is 4.63. The van der Waals surface area contributed by atoms with Gasteiger partial charge < -0.3 is 4.90 Å². The standard InChI is InChI=1S/C18H32N4O/c1-13(2)22-15(4)16(14(3)19-22)12-21(6)18(23)17-10-8-7-9-11-20(17)5/h13,17H,7-12H2,1-6H3/t17-/m1/s1. The van der Waals surface area contributed by atoms with E-state index in [9.17, 15) is 4.79 Å². The van der Waals surface area contributed by atoms with Crippen LogP contribution in [0.5, 0.6) is 0 Å². The van der Waals surface area contributed by atoms with E-state index >= 15 is 0 Å². The Kier molecular flexibility index (Phi) is 5.84. The lowest BCUT2D eigenvalue weighted by Gasteiger charge is -2.29. The van der Waals surface area contributed by atoms with Gasteiger partial charge in [-0.2, -0.15) is 5.10 Å². The first-order valence-corrected chi connectivity index (χ1v) is 8.82. The molecular formula is C18H32N4O. The van der Waals surface area contributed by atoms with Gasteiger partial charge in [0.25, 0.3) is 0 Å². The normalized spacial score (nSPS) is 19.9. The molecule has 23 heavy (non-hydrogen) atoms. The van der Waals surface area contributed by atoms with Crippen LogP contribution in [0.1, 0.15) is 62.5 Å². The average molecular weight is 320 g/mol. The lowest BCUT2D eigenvalue weighted by atomic mass is 10.1. The molecule has 5 nitrogen and oxygen atoms in total. The van der Waals surface area contributed by atoms with Gasteiger partial charge in [-0.05, 0) is 54.1 Å². The Balaban J connectivity index is 2.12. The molecule has 0 aromatic carbocycles. The van der Waals surface area contributed by atoms with E-state index in [-0.39, 0.29) is 11.9 Å². The molecule has 1 aliphatic heterocycles. The lowest BCUT2D eigenvalue weighted by Crippen LogP contribution is -2.45. The van der Waals surface area contributed by atoms with Gasteiger partial charge in [-0.25, -0.2) is 0 Å². The Morgan fingerprint density at radius 2 is 2.00 bits per heavy atom. The number of aromatic nitrogens is 2. The fourth-order valence-electron chi connectivity index (χ4n) is 3.56. The Bertz CT molecular complexity index is 549. The van der Waals surface area contributed by atoms with Crippen LogP contribution in [-0.2, 0) is 11.3 Å². The van der Waals surface area contributed by atoms with Gasteiger partial charge in [-0.3, -0.25) is 14.4 Å². The van der Waals surface area contributed by atoms with Crippen LogP contribution < -0.4 is 0 Å². The fraction of sp³-hybridized carbons (Fsp3) is 0.778. The van der Waals surface area contributed by atoms with Crippen molar-refractivity contribution < 1.29 is 4.79 Å². The molecule has 0 bridgehead atoms.